The van der Waals surface area contributed by atoms with Crippen LogP contribution in [0.3, 0.4) is 0 Å². The van der Waals surface area contributed by atoms with Crippen LogP contribution in [0.25, 0.3) is 5.57 Å². The summed E-state index contributed by atoms with van der Waals surface area (Å²) < 4.78 is 0. The average Bonchev–Trinajstić information content (AvgIpc) is 2.55. The van der Waals surface area contributed by atoms with Gasteiger partial charge in [0.15, 0.2) is 0 Å². The molecule has 0 aliphatic rings. The van der Waals surface area contributed by atoms with Crippen molar-refractivity contribution in [2.75, 3.05) is 13.2 Å². The van der Waals surface area contributed by atoms with E-state index in [-0.39, 0.29) is 19.1 Å². The van der Waals surface area contributed by atoms with Crippen LogP contribution in [-0.4, -0.2) is 23.4 Å². The van der Waals surface area contributed by atoms with Crippen LogP contribution in [0.4, 0.5) is 0 Å². The first-order valence-corrected chi connectivity index (χ1v) is 7.32. The van der Waals surface area contributed by atoms with Crippen LogP contribution >= 0.6 is 0 Å². The van der Waals surface area contributed by atoms with Crippen LogP contribution < -0.4 is 0 Å². The molecule has 0 unspecified atom stereocenters. The summed E-state index contributed by atoms with van der Waals surface area (Å²) in [6, 6.07) is 18.4. The molecule has 0 heterocycles. The Labute approximate surface area is 126 Å². The quantitative estimate of drug-likeness (QED) is 0.814. The van der Waals surface area contributed by atoms with Gasteiger partial charge in [-0.1, -0.05) is 61.2 Å². The second-order valence-electron chi connectivity index (χ2n) is 5.19. The lowest BCUT2D eigenvalue weighted by atomic mass is 9.91. The van der Waals surface area contributed by atoms with Crippen LogP contribution in [0.5, 0.6) is 0 Å². The maximum absolute atomic E-state index is 9.12. The lowest BCUT2D eigenvalue weighted by molar-refractivity contribution is 0.242. The Bertz CT molecular complexity index is 552. The fourth-order valence-electron chi connectivity index (χ4n) is 2.55. The highest BCUT2D eigenvalue weighted by molar-refractivity contribution is 5.77. The molecule has 0 atom stereocenters. The first kappa shape index (κ1) is 15.5. The van der Waals surface area contributed by atoms with Crippen LogP contribution in [0.2, 0.25) is 0 Å². The molecular weight excluding hydrogens is 260 g/mol. The molecule has 0 aliphatic carbocycles. The molecule has 0 radical (unpaired) electrons. The van der Waals surface area contributed by atoms with Crippen molar-refractivity contribution in [3.63, 3.8) is 0 Å². The molecule has 0 fully saturated rings. The van der Waals surface area contributed by atoms with Crippen molar-refractivity contribution in [1.82, 2.24) is 0 Å². The molecule has 0 bridgehead atoms. The number of hydrogen-bond donors (Lipinski definition) is 2. The third kappa shape index (κ3) is 4.03. The van der Waals surface area contributed by atoms with Gasteiger partial charge in [0.05, 0.1) is 0 Å². The van der Waals surface area contributed by atoms with E-state index in [4.69, 9.17) is 10.2 Å². The van der Waals surface area contributed by atoms with Crippen molar-refractivity contribution in [2.24, 2.45) is 0 Å². The Morgan fingerprint density at radius 3 is 1.86 bits per heavy atom. The number of hydrogen-bond acceptors (Lipinski definition) is 2. The smallest absolute Gasteiger partial charge is 0.0436 e. The molecule has 2 aromatic carbocycles. The highest BCUT2D eigenvalue weighted by Crippen LogP contribution is 2.26. The molecule has 2 aromatic rings. The predicted octanol–water partition coefficient (Wildman–Crippen LogP) is 3.60. The fourth-order valence-corrected chi connectivity index (χ4v) is 2.55. The Balaban J connectivity index is 2.16. The van der Waals surface area contributed by atoms with Gasteiger partial charge in [0.1, 0.15) is 0 Å². The summed E-state index contributed by atoms with van der Waals surface area (Å²) in [5, 5.41) is 18.2. The van der Waals surface area contributed by atoms with Crippen LogP contribution in [0.1, 0.15) is 35.4 Å². The zero-order valence-electron chi connectivity index (χ0n) is 12.2. The normalized spacial score (nSPS) is 10.8. The number of benzene rings is 2. The number of aliphatic hydroxyl groups is 2. The molecule has 2 nitrogen and oxygen atoms in total. The number of rotatable bonds is 7. The van der Waals surface area contributed by atoms with E-state index in [1.165, 1.54) is 0 Å². The van der Waals surface area contributed by atoms with Gasteiger partial charge in [0, 0.05) is 13.2 Å². The van der Waals surface area contributed by atoms with Crippen LogP contribution in [0.15, 0.2) is 61.2 Å². The lowest BCUT2D eigenvalue weighted by Crippen LogP contribution is -2.04. The summed E-state index contributed by atoms with van der Waals surface area (Å²) in [6.07, 6.45) is 1.36. The molecule has 2 N–H and O–H groups in total. The van der Waals surface area contributed by atoms with Gasteiger partial charge in [0.25, 0.3) is 0 Å². The van der Waals surface area contributed by atoms with Gasteiger partial charge in [-0.25, -0.2) is 0 Å². The third-order valence-corrected chi connectivity index (χ3v) is 3.81. The van der Waals surface area contributed by atoms with E-state index in [0.717, 1.165) is 22.3 Å². The highest BCUT2D eigenvalue weighted by atomic mass is 16.3. The van der Waals surface area contributed by atoms with Crippen molar-refractivity contribution >= 4 is 5.57 Å². The monoisotopic (exact) mass is 282 g/mol. The predicted molar refractivity (Wildman–Crippen MR) is 87.2 cm³/mol. The second-order valence-corrected chi connectivity index (χ2v) is 5.19. The molecule has 21 heavy (non-hydrogen) atoms. The maximum atomic E-state index is 9.12. The molecule has 110 valence electrons. The van der Waals surface area contributed by atoms with Crippen LogP contribution in [-0.2, 0) is 0 Å². The van der Waals surface area contributed by atoms with Crippen molar-refractivity contribution < 1.29 is 10.2 Å². The van der Waals surface area contributed by atoms with Gasteiger partial charge in [-0.05, 0) is 41.0 Å². The van der Waals surface area contributed by atoms with Gasteiger partial charge in [-0.15, -0.1) is 0 Å². The summed E-state index contributed by atoms with van der Waals surface area (Å²) in [7, 11) is 0. The molecule has 2 rings (SSSR count). The Morgan fingerprint density at radius 1 is 0.810 bits per heavy atom. The Kier molecular flexibility index (Phi) is 5.73. The standard InChI is InChI=1S/C19H22O2/c1-15(16-5-3-2-4-6-16)17-7-9-18(10-8-17)19(11-13-20)12-14-21/h2-10,19-21H,1,11-14H2. The Morgan fingerprint density at radius 2 is 1.33 bits per heavy atom. The first-order valence-electron chi connectivity index (χ1n) is 7.32. The molecular formula is C19H22O2. The zero-order valence-corrected chi connectivity index (χ0v) is 12.2. The minimum atomic E-state index is 0.142. The summed E-state index contributed by atoms with van der Waals surface area (Å²) >= 11 is 0. The SMILES string of the molecule is C=C(c1ccccc1)c1ccc(C(CCO)CCO)cc1. The maximum Gasteiger partial charge on any atom is 0.0436 e. The molecule has 0 aliphatic heterocycles. The molecule has 0 aromatic heterocycles. The van der Waals surface area contributed by atoms with E-state index in [1.807, 2.05) is 18.2 Å². The first-order chi connectivity index (χ1) is 10.3. The van der Waals surface area contributed by atoms with E-state index >= 15 is 0 Å². The van der Waals surface area contributed by atoms with Crippen molar-refractivity contribution in [2.45, 2.75) is 18.8 Å². The van der Waals surface area contributed by atoms with Crippen LogP contribution in [0, 0.1) is 0 Å². The van der Waals surface area contributed by atoms with Gasteiger partial charge >= 0.3 is 0 Å². The minimum Gasteiger partial charge on any atom is -0.396 e. The molecule has 0 saturated heterocycles. The van der Waals surface area contributed by atoms with E-state index in [1.54, 1.807) is 0 Å². The molecule has 0 amide bonds. The van der Waals surface area contributed by atoms with Gasteiger partial charge in [-0.2, -0.15) is 0 Å². The number of aliphatic hydroxyl groups excluding tert-OH is 2. The van der Waals surface area contributed by atoms with E-state index in [2.05, 4.69) is 43.0 Å². The topological polar surface area (TPSA) is 40.5 Å². The largest absolute Gasteiger partial charge is 0.396 e. The second kappa shape index (κ2) is 7.77. The lowest BCUT2D eigenvalue weighted by Gasteiger charge is -2.16. The minimum absolute atomic E-state index is 0.142. The van der Waals surface area contributed by atoms with E-state index in [0.29, 0.717) is 12.8 Å². The molecule has 0 saturated carbocycles. The average molecular weight is 282 g/mol. The zero-order chi connectivity index (χ0) is 15.1. The summed E-state index contributed by atoms with van der Waals surface area (Å²) in [4.78, 5) is 0. The summed E-state index contributed by atoms with van der Waals surface area (Å²) in [6.45, 7) is 4.45. The van der Waals surface area contributed by atoms with E-state index < -0.39 is 0 Å². The molecule has 0 spiro atoms. The van der Waals surface area contributed by atoms with Gasteiger partial charge < -0.3 is 10.2 Å². The van der Waals surface area contributed by atoms with Crippen molar-refractivity contribution in [3.05, 3.63) is 77.9 Å². The van der Waals surface area contributed by atoms with Gasteiger partial charge in [0.2, 0.25) is 0 Å². The summed E-state index contributed by atoms with van der Waals surface area (Å²) in [5.74, 6) is 0.207. The van der Waals surface area contributed by atoms with Crippen molar-refractivity contribution in [1.29, 1.82) is 0 Å². The Hall–Kier alpha value is -1.90. The van der Waals surface area contributed by atoms with Crippen molar-refractivity contribution in [3.8, 4) is 0 Å². The summed E-state index contributed by atoms with van der Waals surface area (Å²) in [5.41, 5.74) is 4.37. The third-order valence-electron chi connectivity index (χ3n) is 3.81. The molecule has 2 heteroatoms. The fraction of sp³-hybridized carbons (Fsp3) is 0.263. The van der Waals surface area contributed by atoms with Gasteiger partial charge in [-0.3, -0.25) is 0 Å². The van der Waals surface area contributed by atoms with E-state index in [9.17, 15) is 0 Å². The highest BCUT2D eigenvalue weighted by Gasteiger charge is 2.11.